The van der Waals surface area contributed by atoms with Crippen molar-refractivity contribution in [2.24, 2.45) is 0 Å². The van der Waals surface area contributed by atoms with Gasteiger partial charge in [0, 0.05) is 12.1 Å². The lowest BCUT2D eigenvalue weighted by Crippen LogP contribution is -2.32. The van der Waals surface area contributed by atoms with Crippen LogP contribution < -0.4 is 5.32 Å². The molecule has 1 aliphatic rings. The van der Waals surface area contributed by atoms with Crippen LogP contribution in [0.2, 0.25) is 0 Å². The minimum atomic E-state index is -4.02. The molecule has 1 fully saturated rings. The molecule has 1 amide bonds. The molecule has 2 heterocycles. The van der Waals surface area contributed by atoms with Crippen molar-refractivity contribution < 1.29 is 30.8 Å². The molecule has 0 bridgehead atoms. The number of furan rings is 2. The number of rotatable bonds is 7. The lowest BCUT2D eigenvalue weighted by molar-refractivity contribution is 0.0990. The molecule has 0 atom stereocenters. The third-order valence-electron chi connectivity index (χ3n) is 4.39. The Morgan fingerprint density at radius 3 is 2.66 bits per heavy atom. The van der Waals surface area contributed by atoms with Crippen molar-refractivity contribution in [1.82, 2.24) is 4.31 Å². The van der Waals surface area contributed by atoms with E-state index in [1.165, 1.54) is 10.6 Å². The highest BCUT2D eigenvalue weighted by atomic mass is 32.2. The summed E-state index contributed by atoms with van der Waals surface area (Å²) in [7, 11) is -4.02. The predicted molar refractivity (Wildman–Crippen MR) is 97.5 cm³/mol. The summed E-state index contributed by atoms with van der Waals surface area (Å²) in [5.74, 6) is -2.34. The van der Waals surface area contributed by atoms with Crippen molar-refractivity contribution in [3.8, 4) is 0 Å². The molecule has 1 saturated carbocycles. The van der Waals surface area contributed by atoms with Gasteiger partial charge in [0.25, 0.3) is 15.9 Å². The van der Waals surface area contributed by atoms with Gasteiger partial charge in [-0.15, -0.1) is 0 Å². The maximum atomic E-state index is 13.7. The van der Waals surface area contributed by atoms with Crippen molar-refractivity contribution >= 4 is 21.6 Å². The molecule has 0 radical (unpaired) electrons. The number of amides is 1. The maximum Gasteiger partial charge on any atom is 0.291 e. The summed E-state index contributed by atoms with van der Waals surface area (Å²) in [6.07, 6.45) is 2.88. The Kier molecular flexibility index (Phi) is 4.97. The first-order chi connectivity index (χ1) is 13.8. The van der Waals surface area contributed by atoms with Gasteiger partial charge in [-0.25, -0.2) is 17.2 Å². The first kappa shape index (κ1) is 19.3. The van der Waals surface area contributed by atoms with E-state index >= 15 is 0 Å². The van der Waals surface area contributed by atoms with Crippen molar-refractivity contribution in [3.63, 3.8) is 0 Å². The molecule has 1 aromatic carbocycles. The number of nitrogens with one attached hydrogen (secondary N) is 1. The van der Waals surface area contributed by atoms with Crippen LogP contribution in [-0.2, 0) is 16.6 Å². The average molecular weight is 422 g/mol. The molecule has 0 saturated heterocycles. The molecular weight excluding hydrogens is 406 g/mol. The molecule has 0 aliphatic heterocycles. The van der Waals surface area contributed by atoms with Gasteiger partial charge in [-0.2, -0.15) is 4.31 Å². The fourth-order valence-corrected chi connectivity index (χ4v) is 4.37. The highest BCUT2D eigenvalue weighted by Crippen LogP contribution is 2.34. The monoisotopic (exact) mass is 422 g/mol. The van der Waals surface area contributed by atoms with E-state index in [2.05, 4.69) is 5.32 Å². The fourth-order valence-electron chi connectivity index (χ4n) is 2.80. The lowest BCUT2D eigenvalue weighted by Gasteiger charge is -2.19. The molecule has 10 heteroatoms. The van der Waals surface area contributed by atoms with Gasteiger partial charge in [0.05, 0.1) is 18.5 Å². The van der Waals surface area contributed by atoms with Crippen LogP contribution in [-0.4, -0.2) is 24.7 Å². The molecule has 29 heavy (non-hydrogen) atoms. The van der Waals surface area contributed by atoms with Crippen molar-refractivity contribution in [1.29, 1.82) is 0 Å². The van der Waals surface area contributed by atoms with E-state index in [4.69, 9.17) is 8.83 Å². The lowest BCUT2D eigenvalue weighted by atomic mass is 10.3. The van der Waals surface area contributed by atoms with Crippen LogP contribution in [0.1, 0.15) is 29.2 Å². The van der Waals surface area contributed by atoms with Crippen LogP contribution in [0.4, 0.5) is 14.5 Å². The molecule has 1 N–H and O–H groups in total. The number of carbonyl (C=O) groups excluding carboxylic acids is 1. The Morgan fingerprint density at radius 2 is 1.97 bits per heavy atom. The largest absolute Gasteiger partial charge is 0.468 e. The number of carbonyl (C=O) groups is 1. The van der Waals surface area contributed by atoms with Crippen molar-refractivity contribution in [3.05, 3.63) is 71.9 Å². The summed E-state index contributed by atoms with van der Waals surface area (Å²) < 4.78 is 64.7. The Labute approximate surface area is 165 Å². The third-order valence-corrected chi connectivity index (χ3v) is 6.16. The summed E-state index contributed by atoms with van der Waals surface area (Å²) in [6.45, 7) is 0.0384. The van der Waals surface area contributed by atoms with E-state index in [-0.39, 0.29) is 24.0 Å². The Morgan fingerprint density at radius 1 is 1.17 bits per heavy atom. The number of sulfonamides is 1. The van der Waals surface area contributed by atoms with Gasteiger partial charge in [-0.05, 0) is 49.2 Å². The molecule has 2 aromatic heterocycles. The zero-order valence-electron chi connectivity index (χ0n) is 15.0. The standard InChI is InChI=1S/C19H16F2N2O5S/c20-12-3-6-15(21)16(10-12)22-19(24)17-7-8-18(28-17)29(25,26)23(13-4-5-13)11-14-2-1-9-27-14/h1-3,6-10,13H,4-5,11H2,(H,22,24). The van der Waals surface area contributed by atoms with Crippen LogP contribution in [0, 0.1) is 11.6 Å². The zero-order valence-corrected chi connectivity index (χ0v) is 15.8. The summed E-state index contributed by atoms with van der Waals surface area (Å²) in [5, 5.41) is 1.75. The van der Waals surface area contributed by atoms with Crippen molar-refractivity contribution in [2.75, 3.05) is 5.32 Å². The minimum Gasteiger partial charge on any atom is -0.468 e. The van der Waals surface area contributed by atoms with Crippen LogP contribution in [0.25, 0.3) is 0 Å². The maximum absolute atomic E-state index is 13.7. The van der Waals surface area contributed by atoms with Gasteiger partial charge in [0.2, 0.25) is 5.09 Å². The molecular formula is C19H16F2N2O5S. The number of anilines is 1. The smallest absolute Gasteiger partial charge is 0.291 e. The molecule has 1 aliphatic carbocycles. The Hall–Kier alpha value is -2.98. The minimum absolute atomic E-state index is 0.0384. The van der Waals surface area contributed by atoms with Crippen molar-refractivity contribution in [2.45, 2.75) is 30.5 Å². The Bertz CT molecular complexity index is 1140. The molecule has 0 unspecified atom stereocenters. The highest BCUT2D eigenvalue weighted by molar-refractivity contribution is 7.89. The van der Waals surface area contributed by atoms with E-state index in [0.717, 1.165) is 30.3 Å². The molecule has 4 rings (SSSR count). The van der Waals surface area contributed by atoms with Crippen LogP contribution in [0.3, 0.4) is 0 Å². The van der Waals surface area contributed by atoms with E-state index in [9.17, 15) is 22.0 Å². The van der Waals surface area contributed by atoms with Gasteiger partial charge in [0.1, 0.15) is 17.4 Å². The molecule has 152 valence electrons. The van der Waals surface area contributed by atoms with E-state index in [1.807, 2.05) is 0 Å². The quantitative estimate of drug-likeness (QED) is 0.626. The third kappa shape index (κ3) is 4.08. The fraction of sp³-hybridized carbons (Fsp3) is 0.211. The summed E-state index contributed by atoms with van der Waals surface area (Å²) >= 11 is 0. The normalized spacial score (nSPS) is 14.3. The van der Waals surface area contributed by atoms with Gasteiger partial charge in [-0.3, -0.25) is 4.79 Å². The van der Waals surface area contributed by atoms with Crippen LogP contribution >= 0.6 is 0 Å². The van der Waals surface area contributed by atoms with Gasteiger partial charge in [-0.1, -0.05) is 0 Å². The number of hydrogen-bond donors (Lipinski definition) is 1. The molecule has 0 spiro atoms. The summed E-state index contributed by atoms with van der Waals surface area (Å²) in [4.78, 5) is 12.3. The number of nitrogens with zero attached hydrogens (tertiary/aromatic N) is 1. The zero-order chi connectivity index (χ0) is 20.6. The first-order valence-corrected chi connectivity index (χ1v) is 10.2. The topological polar surface area (TPSA) is 92.8 Å². The molecule has 7 nitrogen and oxygen atoms in total. The Balaban J connectivity index is 1.55. The second-order valence-electron chi connectivity index (χ2n) is 6.56. The summed E-state index contributed by atoms with van der Waals surface area (Å²) in [5.41, 5.74) is -0.381. The predicted octanol–water partition coefficient (Wildman–Crippen LogP) is 3.76. The van der Waals surface area contributed by atoms with E-state index in [1.54, 1.807) is 12.1 Å². The second kappa shape index (κ2) is 7.45. The van der Waals surface area contributed by atoms with Gasteiger partial charge in [0.15, 0.2) is 5.76 Å². The SMILES string of the molecule is O=C(Nc1cc(F)ccc1F)c1ccc(S(=O)(=O)N(Cc2ccco2)C2CC2)o1. The van der Waals surface area contributed by atoms with Gasteiger partial charge >= 0.3 is 0 Å². The van der Waals surface area contributed by atoms with Crippen LogP contribution in [0.5, 0.6) is 0 Å². The summed E-state index contributed by atoms with van der Waals surface area (Å²) in [6, 6.07) is 8.06. The average Bonchev–Trinajstić information content (AvgIpc) is 3.17. The highest BCUT2D eigenvalue weighted by Gasteiger charge is 2.40. The number of halogens is 2. The van der Waals surface area contributed by atoms with E-state index in [0.29, 0.717) is 18.6 Å². The number of hydrogen-bond acceptors (Lipinski definition) is 5. The van der Waals surface area contributed by atoms with Gasteiger partial charge < -0.3 is 14.2 Å². The van der Waals surface area contributed by atoms with Crippen LogP contribution in [0.15, 0.2) is 62.7 Å². The second-order valence-corrected chi connectivity index (χ2v) is 8.38. The molecule has 3 aromatic rings. The first-order valence-electron chi connectivity index (χ1n) is 8.75. The van der Waals surface area contributed by atoms with E-state index < -0.39 is 32.7 Å². The number of benzene rings is 1.